The molecule has 25 heavy (non-hydrogen) atoms. The van der Waals surface area contributed by atoms with Crippen LogP contribution < -0.4 is 5.32 Å². The van der Waals surface area contributed by atoms with Crippen molar-refractivity contribution in [3.63, 3.8) is 0 Å². The summed E-state index contributed by atoms with van der Waals surface area (Å²) in [5, 5.41) is 15.8. The van der Waals surface area contributed by atoms with Crippen LogP contribution in [0.15, 0.2) is 29.0 Å². The number of nitrogens with zero attached hydrogens (tertiary/aromatic N) is 6. The zero-order valence-electron chi connectivity index (χ0n) is 13.4. The lowest BCUT2D eigenvalue weighted by molar-refractivity contribution is -0.118. The highest BCUT2D eigenvalue weighted by Gasteiger charge is 2.33. The van der Waals surface area contributed by atoms with Crippen LogP contribution in [-0.4, -0.2) is 55.8 Å². The Morgan fingerprint density at radius 1 is 1.44 bits per heavy atom. The van der Waals surface area contributed by atoms with Crippen molar-refractivity contribution < 1.29 is 9.32 Å². The molecule has 9 nitrogen and oxygen atoms in total. The summed E-state index contributed by atoms with van der Waals surface area (Å²) in [5.41, 5.74) is 0.820. The number of pyridine rings is 1. The summed E-state index contributed by atoms with van der Waals surface area (Å²) < 4.78 is 5.34. The van der Waals surface area contributed by atoms with E-state index in [1.54, 1.807) is 12.4 Å². The Bertz CT molecular complexity index is 873. The Morgan fingerprint density at radius 3 is 3.04 bits per heavy atom. The van der Waals surface area contributed by atoms with E-state index in [-0.39, 0.29) is 11.8 Å². The van der Waals surface area contributed by atoms with E-state index in [0.29, 0.717) is 36.5 Å². The van der Waals surface area contributed by atoms with Crippen molar-refractivity contribution in [2.45, 2.75) is 12.8 Å². The average Bonchev–Trinajstić information content (AvgIpc) is 3.21. The third-order valence-corrected chi connectivity index (χ3v) is 4.56. The van der Waals surface area contributed by atoms with Crippen LogP contribution in [-0.2, 0) is 4.79 Å². The largest absolute Gasteiger partial charge is 0.339 e. The van der Waals surface area contributed by atoms with Crippen LogP contribution in [0.4, 0.5) is 5.13 Å². The Kier molecular flexibility index (Phi) is 4.20. The molecule has 1 aliphatic rings. The minimum atomic E-state index is -0.101. The fourth-order valence-corrected chi connectivity index (χ4v) is 3.19. The minimum absolute atomic E-state index is 0.101. The number of likely N-dealkylation sites (tertiary alicyclic amines) is 1. The van der Waals surface area contributed by atoms with E-state index in [9.17, 15) is 4.79 Å². The molecule has 0 bridgehead atoms. The van der Waals surface area contributed by atoms with Crippen molar-refractivity contribution in [2.75, 3.05) is 25.0 Å². The zero-order valence-corrected chi connectivity index (χ0v) is 14.2. The van der Waals surface area contributed by atoms with Crippen LogP contribution in [0.1, 0.15) is 16.8 Å². The maximum atomic E-state index is 12.0. The number of carbonyl (C=O) groups is 1. The number of amides is 1. The number of aromatic nitrogens is 5. The van der Waals surface area contributed by atoms with Gasteiger partial charge in [-0.3, -0.25) is 20.0 Å². The average molecular weight is 357 g/mol. The molecule has 0 aliphatic carbocycles. The first-order chi connectivity index (χ1) is 12.2. The third-order valence-electron chi connectivity index (χ3n) is 3.81. The molecule has 128 valence electrons. The number of hydrogen-bond donors (Lipinski definition) is 1. The SMILES string of the molecule is Cc1nnc(NC(=O)CN2CC(c3nc(-c4cccnc4)no3)C2)s1. The number of hydrogen-bond acceptors (Lipinski definition) is 9. The fraction of sp³-hybridized carbons (Fsp3) is 0.333. The second-order valence-electron chi connectivity index (χ2n) is 5.76. The molecule has 0 radical (unpaired) electrons. The van der Waals surface area contributed by atoms with Gasteiger partial charge in [0.25, 0.3) is 0 Å². The van der Waals surface area contributed by atoms with Crippen molar-refractivity contribution in [1.82, 2.24) is 30.2 Å². The molecule has 4 rings (SSSR count). The van der Waals surface area contributed by atoms with E-state index < -0.39 is 0 Å². The molecule has 0 atom stereocenters. The maximum absolute atomic E-state index is 12.0. The predicted octanol–water partition coefficient (Wildman–Crippen LogP) is 1.33. The van der Waals surface area contributed by atoms with Crippen LogP contribution in [0, 0.1) is 6.92 Å². The van der Waals surface area contributed by atoms with E-state index in [1.165, 1.54) is 11.3 Å². The lowest BCUT2D eigenvalue weighted by atomic mass is 10.0. The maximum Gasteiger partial charge on any atom is 0.240 e. The van der Waals surface area contributed by atoms with Gasteiger partial charge in [-0.1, -0.05) is 16.5 Å². The highest BCUT2D eigenvalue weighted by molar-refractivity contribution is 7.15. The quantitative estimate of drug-likeness (QED) is 0.728. The van der Waals surface area contributed by atoms with Crippen LogP contribution in [0.5, 0.6) is 0 Å². The molecule has 10 heteroatoms. The highest BCUT2D eigenvalue weighted by atomic mass is 32.1. The van der Waals surface area contributed by atoms with Gasteiger partial charge in [-0.25, -0.2) is 0 Å². The number of nitrogens with one attached hydrogen (secondary N) is 1. The van der Waals surface area contributed by atoms with Gasteiger partial charge >= 0.3 is 0 Å². The first-order valence-electron chi connectivity index (χ1n) is 7.73. The second kappa shape index (κ2) is 6.65. The van der Waals surface area contributed by atoms with Crippen molar-refractivity contribution >= 4 is 22.4 Å². The smallest absolute Gasteiger partial charge is 0.240 e. The molecule has 1 fully saturated rings. The van der Waals surface area contributed by atoms with Gasteiger partial charge in [-0.15, -0.1) is 10.2 Å². The Hall–Kier alpha value is -2.72. The molecule has 0 spiro atoms. The van der Waals surface area contributed by atoms with Crippen LogP contribution in [0.25, 0.3) is 11.4 Å². The minimum Gasteiger partial charge on any atom is -0.339 e. The molecule has 1 aliphatic heterocycles. The molecule has 3 aromatic rings. The van der Waals surface area contributed by atoms with Gasteiger partial charge in [0, 0.05) is 31.0 Å². The summed E-state index contributed by atoms with van der Waals surface area (Å²) in [6.07, 6.45) is 3.39. The molecule has 3 aromatic heterocycles. The number of aryl methyl sites for hydroxylation is 1. The summed E-state index contributed by atoms with van der Waals surface area (Å²) in [6, 6.07) is 3.71. The van der Waals surface area contributed by atoms with Gasteiger partial charge in [0.05, 0.1) is 12.5 Å². The first kappa shape index (κ1) is 15.8. The molecular formula is C15H15N7O2S. The first-order valence-corrected chi connectivity index (χ1v) is 8.55. The zero-order chi connectivity index (χ0) is 17.2. The Morgan fingerprint density at radius 2 is 2.32 bits per heavy atom. The van der Waals surface area contributed by atoms with Gasteiger partial charge < -0.3 is 4.52 Å². The number of anilines is 1. The van der Waals surface area contributed by atoms with E-state index in [0.717, 1.165) is 10.6 Å². The molecule has 0 aromatic carbocycles. The normalized spacial score (nSPS) is 15.1. The highest BCUT2D eigenvalue weighted by Crippen LogP contribution is 2.27. The predicted molar refractivity (Wildman–Crippen MR) is 90.0 cm³/mol. The monoisotopic (exact) mass is 357 g/mol. The number of carbonyl (C=O) groups excluding carboxylic acids is 1. The molecular weight excluding hydrogens is 342 g/mol. The van der Waals surface area contributed by atoms with Gasteiger partial charge in [-0.05, 0) is 19.1 Å². The third kappa shape index (κ3) is 3.54. The van der Waals surface area contributed by atoms with Crippen LogP contribution >= 0.6 is 11.3 Å². The lowest BCUT2D eigenvalue weighted by Crippen LogP contribution is -2.48. The summed E-state index contributed by atoms with van der Waals surface area (Å²) in [7, 11) is 0. The molecule has 0 unspecified atom stereocenters. The summed E-state index contributed by atoms with van der Waals surface area (Å²) >= 11 is 1.36. The van der Waals surface area contributed by atoms with E-state index in [1.807, 2.05) is 24.0 Å². The summed E-state index contributed by atoms with van der Waals surface area (Å²) in [4.78, 5) is 22.5. The van der Waals surface area contributed by atoms with Gasteiger partial charge in [0.1, 0.15) is 5.01 Å². The van der Waals surface area contributed by atoms with Crippen LogP contribution in [0.2, 0.25) is 0 Å². The van der Waals surface area contributed by atoms with Crippen LogP contribution in [0.3, 0.4) is 0 Å². The standard InChI is InChI=1S/C15H15N7O2S/c1-9-19-20-15(25-9)17-12(23)8-22-6-11(7-22)14-18-13(21-24-14)10-3-2-4-16-5-10/h2-5,11H,6-8H2,1H3,(H,17,20,23). The van der Waals surface area contributed by atoms with Crippen molar-refractivity contribution in [2.24, 2.45) is 0 Å². The molecule has 4 heterocycles. The molecule has 1 amide bonds. The topological polar surface area (TPSA) is 110 Å². The molecule has 1 N–H and O–H groups in total. The van der Waals surface area contributed by atoms with E-state index in [2.05, 4.69) is 30.6 Å². The van der Waals surface area contributed by atoms with Gasteiger partial charge in [0.2, 0.25) is 22.8 Å². The Balaban J connectivity index is 1.29. The lowest BCUT2D eigenvalue weighted by Gasteiger charge is -2.36. The van der Waals surface area contributed by atoms with Gasteiger partial charge in [0.15, 0.2) is 0 Å². The molecule has 1 saturated heterocycles. The number of rotatable bonds is 5. The van der Waals surface area contributed by atoms with E-state index >= 15 is 0 Å². The second-order valence-corrected chi connectivity index (χ2v) is 6.94. The molecule has 0 saturated carbocycles. The summed E-state index contributed by atoms with van der Waals surface area (Å²) in [6.45, 7) is 3.56. The van der Waals surface area contributed by atoms with Crippen molar-refractivity contribution in [3.05, 3.63) is 35.4 Å². The van der Waals surface area contributed by atoms with Crippen molar-refractivity contribution in [1.29, 1.82) is 0 Å². The summed E-state index contributed by atoms with van der Waals surface area (Å²) in [5.74, 6) is 1.17. The van der Waals surface area contributed by atoms with E-state index in [4.69, 9.17) is 4.52 Å². The van der Waals surface area contributed by atoms with Crippen molar-refractivity contribution in [3.8, 4) is 11.4 Å². The van der Waals surface area contributed by atoms with Gasteiger partial charge in [-0.2, -0.15) is 4.98 Å². The fourth-order valence-electron chi connectivity index (χ4n) is 2.58. The Labute approximate surface area is 147 Å².